The summed E-state index contributed by atoms with van der Waals surface area (Å²) in [7, 11) is 0. The Morgan fingerprint density at radius 3 is 2.67 bits per heavy atom. The van der Waals surface area contributed by atoms with Crippen LogP contribution in [0.25, 0.3) is 0 Å². The molecule has 3 nitrogen and oxygen atoms in total. The van der Waals surface area contributed by atoms with Gasteiger partial charge in [-0.3, -0.25) is 4.79 Å². The average molecular weight is 210 g/mol. The first-order chi connectivity index (χ1) is 7.20. The lowest BCUT2D eigenvalue weighted by Gasteiger charge is -2.35. The van der Waals surface area contributed by atoms with Gasteiger partial charge in [0.05, 0.1) is 5.92 Å². The minimum absolute atomic E-state index is 0.0813. The Balaban J connectivity index is 1.86. The van der Waals surface area contributed by atoms with E-state index in [0.717, 1.165) is 32.4 Å². The Morgan fingerprint density at radius 1 is 1.33 bits per heavy atom. The highest BCUT2D eigenvalue weighted by atomic mass is 16.2. The van der Waals surface area contributed by atoms with Gasteiger partial charge in [0, 0.05) is 12.1 Å². The van der Waals surface area contributed by atoms with Crippen LogP contribution in [0.15, 0.2) is 0 Å². The zero-order valence-corrected chi connectivity index (χ0v) is 9.64. The second kappa shape index (κ2) is 4.52. The topological polar surface area (TPSA) is 41.1 Å². The monoisotopic (exact) mass is 210 g/mol. The molecule has 2 fully saturated rings. The normalized spacial score (nSPS) is 30.1. The van der Waals surface area contributed by atoms with E-state index < -0.39 is 0 Å². The first-order valence-electron chi connectivity index (χ1n) is 6.22. The van der Waals surface area contributed by atoms with Crippen LogP contribution in [0.2, 0.25) is 0 Å². The lowest BCUT2D eigenvalue weighted by atomic mass is 9.83. The Hall–Kier alpha value is -0.570. The van der Waals surface area contributed by atoms with Gasteiger partial charge < -0.3 is 10.6 Å². The SMILES string of the molecule is CC1(NC(=O)[C@@H]2CCNC2)CCCCC1. The minimum atomic E-state index is 0.0813. The van der Waals surface area contributed by atoms with Gasteiger partial charge >= 0.3 is 0 Å². The maximum atomic E-state index is 12.0. The highest BCUT2D eigenvalue weighted by Gasteiger charge is 2.31. The molecule has 86 valence electrons. The molecule has 2 rings (SSSR count). The molecule has 1 atom stereocenters. The zero-order valence-electron chi connectivity index (χ0n) is 9.64. The van der Waals surface area contributed by atoms with Crippen molar-refractivity contribution in [2.24, 2.45) is 5.92 Å². The number of rotatable bonds is 2. The number of hydrogen-bond acceptors (Lipinski definition) is 2. The largest absolute Gasteiger partial charge is 0.351 e. The predicted molar refractivity (Wildman–Crippen MR) is 60.6 cm³/mol. The van der Waals surface area contributed by atoms with E-state index in [1.807, 2.05) is 0 Å². The van der Waals surface area contributed by atoms with Crippen molar-refractivity contribution in [3.8, 4) is 0 Å². The second-order valence-corrected chi connectivity index (χ2v) is 5.30. The molecule has 0 unspecified atom stereocenters. The molecule has 0 aromatic heterocycles. The van der Waals surface area contributed by atoms with Crippen molar-refractivity contribution in [1.29, 1.82) is 0 Å². The summed E-state index contributed by atoms with van der Waals surface area (Å²) in [5.41, 5.74) is 0.0813. The summed E-state index contributed by atoms with van der Waals surface area (Å²) in [6, 6.07) is 0. The summed E-state index contributed by atoms with van der Waals surface area (Å²) in [5, 5.41) is 6.50. The van der Waals surface area contributed by atoms with Crippen LogP contribution >= 0.6 is 0 Å². The van der Waals surface area contributed by atoms with Crippen LogP contribution in [0.3, 0.4) is 0 Å². The van der Waals surface area contributed by atoms with Crippen LogP contribution in [0, 0.1) is 5.92 Å². The van der Waals surface area contributed by atoms with Crippen molar-refractivity contribution in [3.63, 3.8) is 0 Å². The molecule has 0 radical (unpaired) electrons. The number of carbonyl (C=O) groups is 1. The van der Waals surface area contributed by atoms with Gasteiger partial charge in [-0.25, -0.2) is 0 Å². The molecule has 1 saturated heterocycles. The van der Waals surface area contributed by atoms with Crippen molar-refractivity contribution >= 4 is 5.91 Å². The summed E-state index contributed by atoms with van der Waals surface area (Å²) in [5.74, 6) is 0.480. The summed E-state index contributed by atoms with van der Waals surface area (Å²) < 4.78 is 0. The van der Waals surface area contributed by atoms with E-state index in [-0.39, 0.29) is 17.4 Å². The Morgan fingerprint density at radius 2 is 2.07 bits per heavy atom. The third-order valence-corrected chi connectivity index (χ3v) is 3.81. The Bertz CT molecular complexity index is 228. The smallest absolute Gasteiger partial charge is 0.224 e. The molecular formula is C12H22N2O. The van der Waals surface area contributed by atoms with Crippen LogP contribution in [-0.4, -0.2) is 24.5 Å². The quantitative estimate of drug-likeness (QED) is 0.724. The summed E-state index contributed by atoms with van der Waals surface area (Å²) in [4.78, 5) is 12.0. The zero-order chi connectivity index (χ0) is 10.7. The lowest BCUT2D eigenvalue weighted by Crippen LogP contribution is -2.49. The molecule has 3 heteroatoms. The van der Waals surface area contributed by atoms with E-state index in [0.29, 0.717) is 0 Å². The molecule has 15 heavy (non-hydrogen) atoms. The second-order valence-electron chi connectivity index (χ2n) is 5.30. The van der Waals surface area contributed by atoms with Crippen molar-refractivity contribution in [2.45, 2.75) is 51.0 Å². The van der Waals surface area contributed by atoms with E-state index in [1.54, 1.807) is 0 Å². The van der Waals surface area contributed by atoms with Gasteiger partial charge in [0.1, 0.15) is 0 Å². The van der Waals surface area contributed by atoms with Crippen LogP contribution in [0.5, 0.6) is 0 Å². The first-order valence-corrected chi connectivity index (χ1v) is 6.22. The number of nitrogens with one attached hydrogen (secondary N) is 2. The number of carbonyl (C=O) groups excluding carboxylic acids is 1. The van der Waals surface area contributed by atoms with Crippen LogP contribution in [0.1, 0.15) is 45.4 Å². The number of hydrogen-bond donors (Lipinski definition) is 2. The van der Waals surface area contributed by atoms with E-state index >= 15 is 0 Å². The highest BCUT2D eigenvalue weighted by Crippen LogP contribution is 2.28. The average Bonchev–Trinajstić information content (AvgIpc) is 2.70. The molecule has 0 aromatic carbocycles. The Kier molecular flexibility index (Phi) is 3.29. The fraction of sp³-hybridized carbons (Fsp3) is 0.917. The fourth-order valence-electron chi connectivity index (χ4n) is 2.74. The van der Waals surface area contributed by atoms with Gasteiger partial charge in [-0.2, -0.15) is 0 Å². The van der Waals surface area contributed by atoms with Gasteiger partial charge in [-0.15, -0.1) is 0 Å². The van der Waals surface area contributed by atoms with Crippen molar-refractivity contribution < 1.29 is 4.79 Å². The molecule has 1 saturated carbocycles. The maximum absolute atomic E-state index is 12.0. The molecule has 1 heterocycles. The van der Waals surface area contributed by atoms with E-state index in [4.69, 9.17) is 0 Å². The summed E-state index contributed by atoms with van der Waals surface area (Å²) in [6.45, 7) is 4.06. The summed E-state index contributed by atoms with van der Waals surface area (Å²) in [6.07, 6.45) is 7.16. The van der Waals surface area contributed by atoms with E-state index in [1.165, 1.54) is 19.3 Å². The third-order valence-electron chi connectivity index (χ3n) is 3.81. The molecule has 0 bridgehead atoms. The first kappa shape index (κ1) is 10.9. The molecular weight excluding hydrogens is 188 g/mol. The van der Waals surface area contributed by atoms with E-state index in [9.17, 15) is 4.79 Å². The molecule has 0 spiro atoms. The fourth-order valence-corrected chi connectivity index (χ4v) is 2.74. The molecule has 1 amide bonds. The molecule has 2 N–H and O–H groups in total. The third kappa shape index (κ3) is 2.71. The summed E-state index contributed by atoms with van der Waals surface area (Å²) >= 11 is 0. The van der Waals surface area contributed by atoms with Crippen LogP contribution in [0.4, 0.5) is 0 Å². The van der Waals surface area contributed by atoms with Gasteiger partial charge in [0.25, 0.3) is 0 Å². The lowest BCUT2D eigenvalue weighted by molar-refractivity contribution is -0.126. The van der Waals surface area contributed by atoms with Gasteiger partial charge in [-0.05, 0) is 32.7 Å². The molecule has 1 aliphatic carbocycles. The standard InChI is InChI=1S/C12H22N2O/c1-12(6-3-2-4-7-12)14-11(15)10-5-8-13-9-10/h10,13H,2-9H2,1H3,(H,14,15)/t10-/m1/s1. The Labute approximate surface area is 92.0 Å². The molecule has 2 aliphatic rings. The van der Waals surface area contributed by atoms with Gasteiger partial charge in [0.15, 0.2) is 0 Å². The van der Waals surface area contributed by atoms with Crippen molar-refractivity contribution in [1.82, 2.24) is 10.6 Å². The van der Waals surface area contributed by atoms with Crippen molar-refractivity contribution in [2.75, 3.05) is 13.1 Å². The number of amides is 1. The van der Waals surface area contributed by atoms with Crippen molar-refractivity contribution in [3.05, 3.63) is 0 Å². The minimum Gasteiger partial charge on any atom is -0.351 e. The van der Waals surface area contributed by atoms with Crippen LogP contribution < -0.4 is 10.6 Å². The predicted octanol–water partition coefficient (Wildman–Crippen LogP) is 1.43. The molecule has 1 aliphatic heterocycles. The highest BCUT2D eigenvalue weighted by molar-refractivity contribution is 5.80. The van der Waals surface area contributed by atoms with Gasteiger partial charge in [-0.1, -0.05) is 19.3 Å². The maximum Gasteiger partial charge on any atom is 0.224 e. The van der Waals surface area contributed by atoms with E-state index in [2.05, 4.69) is 17.6 Å². The van der Waals surface area contributed by atoms with Gasteiger partial charge in [0.2, 0.25) is 5.91 Å². The van der Waals surface area contributed by atoms with Crippen LogP contribution in [-0.2, 0) is 4.79 Å². The molecule has 0 aromatic rings.